The molecule has 1 N–H and O–H groups in total. The van der Waals surface area contributed by atoms with E-state index < -0.39 is 0 Å². The highest BCUT2D eigenvalue weighted by molar-refractivity contribution is 5.47. The molecule has 0 saturated heterocycles. The van der Waals surface area contributed by atoms with Gasteiger partial charge in [-0.25, -0.2) is 0 Å². The van der Waals surface area contributed by atoms with Crippen LogP contribution in [0.4, 0.5) is 5.69 Å². The van der Waals surface area contributed by atoms with Crippen LogP contribution in [0.2, 0.25) is 0 Å². The van der Waals surface area contributed by atoms with Crippen LogP contribution in [-0.2, 0) is 19.8 Å². The minimum Gasteiger partial charge on any atom is -0.493 e. The standard InChI is InChI=1S/C30H31NO4/c1-3-33-29-18-11-25(19-30(29)32-2)20-31-26-12-9-24(10-13-26)22-35-28-16-14-27(15-17-28)34-21-23-7-5-4-6-8-23/h4-19,31H,3,20-22H2,1-2H3. The van der Waals surface area contributed by atoms with E-state index in [-0.39, 0.29) is 0 Å². The van der Waals surface area contributed by atoms with Crippen LogP contribution in [0.25, 0.3) is 0 Å². The monoisotopic (exact) mass is 469 g/mol. The Labute approximate surface area is 207 Å². The van der Waals surface area contributed by atoms with E-state index in [1.165, 1.54) is 0 Å². The summed E-state index contributed by atoms with van der Waals surface area (Å²) in [6.07, 6.45) is 0. The molecular formula is C30H31NO4. The smallest absolute Gasteiger partial charge is 0.161 e. The quantitative estimate of drug-likeness (QED) is 0.245. The molecule has 0 aliphatic heterocycles. The SMILES string of the molecule is CCOc1ccc(CNc2ccc(COc3ccc(OCc4ccccc4)cc3)cc2)cc1OC. The lowest BCUT2D eigenvalue weighted by Crippen LogP contribution is -2.02. The molecule has 0 aromatic heterocycles. The second kappa shape index (κ2) is 12.4. The Hall–Kier alpha value is -4.12. The largest absolute Gasteiger partial charge is 0.493 e. The molecule has 4 aromatic rings. The van der Waals surface area contributed by atoms with Gasteiger partial charge < -0.3 is 24.3 Å². The molecule has 0 fully saturated rings. The molecule has 0 aliphatic carbocycles. The normalized spacial score (nSPS) is 10.5. The van der Waals surface area contributed by atoms with Crippen LogP contribution < -0.4 is 24.3 Å². The first kappa shape index (κ1) is 24.0. The molecule has 0 saturated carbocycles. The third kappa shape index (κ3) is 7.18. The second-order valence-electron chi connectivity index (χ2n) is 8.00. The van der Waals surface area contributed by atoms with Crippen LogP contribution in [0.3, 0.4) is 0 Å². The highest BCUT2D eigenvalue weighted by atomic mass is 16.5. The maximum atomic E-state index is 5.93. The topological polar surface area (TPSA) is 49.0 Å². The van der Waals surface area contributed by atoms with Crippen LogP contribution in [0.5, 0.6) is 23.0 Å². The molecule has 0 radical (unpaired) electrons. The lowest BCUT2D eigenvalue weighted by atomic mass is 10.1. The van der Waals surface area contributed by atoms with Gasteiger partial charge in [0, 0.05) is 12.2 Å². The Kier molecular flexibility index (Phi) is 8.49. The Morgan fingerprint density at radius 3 is 1.80 bits per heavy atom. The fraction of sp³-hybridized carbons (Fsp3) is 0.200. The van der Waals surface area contributed by atoms with E-state index in [1.54, 1.807) is 7.11 Å². The minimum absolute atomic E-state index is 0.501. The summed E-state index contributed by atoms with van der Waals surface area (Å²) in [5.74, 6) is 3.14. The molecule has 0 bridgehead atoms. The fourth-order valence-corrected chi connectivity index (χ4v) is 3.56. The van der Waals surface area contributed by atoms with Crippen LogP contribution in [-0.4, -0.2) is 13.7 Å². The van der Waals surface area contributed by atoms with Gasteiger partial charge in [0.05, 0.1) is 13.7 Å². The van der Waals surface area contributed by atoms with E-state index in [1.807, 2.05) is 67.6 Å². The predicted molar refractivity (Wildman–Crippen MR) is 139 cm³/mol. The molecule has 0 atom stereocenters. The Bertz CT molecular complexity index is 1180. The summed E-state index contributed by atoms with van der Waals surface area (Å²) in [7, 11) is 1.66. The first-order valence-corrected chi connectivity index (χ1v) is 11.8. The number of hydrogen-bond donors (Lipinski definition) is 1. The van der Waals surface area contributed by atoms with Crippen molar-refractivity contribution in [1.29, 1.82) is 0 Å². The van der Waals surface area contributed by atoms with Gasteiger partial charge in [-0.3, -0.25) is 0 Å². The first-order valence-electron chi connectivity index (χ1n) is 11.8. The maximum Gasteiger partial charge on any atom is 0.161 e. The molecule has 4 aromatic carbocycles. The predicted octanol–water partition coefficient (Wildman–Crippen LogP) is 6.86. The Balaban J connectivity index is 1.23. The van der Waals surface area contributed by atoms with E-state index in [0.29, 0.717) is 26.4 Å². The number of anilines is 1. The average molecular weight is 470 g/mol. The second-order valence-corrected chi connectivity index (χ2v) is 8.00. The molecule has 0 unspecified atom stereocenters. The van der Waals surface area contributed by atoms with Crippen molar-refractivity contribution in [1.82, 2.24) is 0 Å². The van der Waals surface area contributed by atoms with Crippen molar-refractivity contribution in [3.8, 4) is 23.0 Å². The van der Waals surface area contributed by atoms with Gasteiger partial charge in [-0.2, -0.15) is 0 Å². The van der Waals surface area contributed by atoms with E-state index >= 15 is 0 Å². The zero-order chi connectivity index (χ0) is 24.3. The zero-order valence-electron chi connectivity index (χ0n) is 20.2. The van der Waals surface area contributed by atoms with Gasteiger partial charge in [-0.05, 0) is 72.1 Å². The van der Waals surface area contributed by atoms with Crippen LogP contribution in [0.15, 0.2) is 97.1 Å². The van der Waals surface area contributed by atoms with Gasteiger partial charge in [-0.15, -0.1) is 0 Å². The molecular weight excluding hydrogens is 438 g/mol. The summed E-state index contributed by atoms with van der Waals surface area (Å²) >= 11 is 0. The van der Waals surface area contributed by atoms with E-state index in [2.05, 4.69) is 41.7 Å². The van der Waals surface area contributed by atoms with E-state index in [0.717, 1.165) is 45.4 Å². The lowest BCUT2D eigenvalue weighted by molar-refractivity contribution is 0.297. The molecule has 5 heteroatoms. The van der Waals surface area contributed by atoms with Gasteiger partial charge in [0.15, 0.2) is 11.5 Å². The van der Waals surface area contributed by atoms with Crippen LogP contribution in [0.1, 0.15) is 23.6 Å². The van der Waals surface area contributed by atoms with Crippen molar-refractivity contribution >= 4 is 5.69 Å². The van der Waals surface area contributed by atoms with Crippen LogP contribution >= 0.6 is 0 Å². The lowest BCUT2D eigenvalue weighted by Gasteiger charge is -2.12. The van der Waals surface area contributed by atoms with Crippen LogP contribution in [0, 0.1) is 0 Å². The van der Waals surface area contributed by atoms with Gasteiger partial charge >= 0.3 is 0 Å². The zero-order valence-corrected chi connectivity index (χ0v) is 20.2. The molecule has 0 heterocycles. The maximum absolute atomic E-state index is 5.93. The van der Waals surface area contributed by atoms with Crippen molar-refractivity contribution in [3.63, 3.8) is 0 Å². The molecule has 0 aliphatic rings. The van der Waals surface area contributed by atoms with Crippen molar-refractivity contribution in [2.75, 3.05) is 19.0 Å². The van der Waals surface area contributed by atoms with Crippen molar-refractivity contribution in [2.45, 2.75) is 26.7 Å². The Morgan fingerprint density at radius 2 is 1.20 bits per heavy atom. The fourth-order valence-electron chi connectivity index (χ4n) is 3.56. The third-order valence-electron chi connectivity index (χ3n) is 5.46. The van der Waals surface area contributed by atoms with Crippen molar-refractivity contribution in [3.05, 3.63) is 114 Å². The highest BCUT2D eigenvalue weighted by Crippen LogP contribution is 2.28. The summed E-state index contributed by atoms with van der Waals surface area (Å²) in [6, 6.07) is 32.1. The summed E-state index contributed by atoms with van der Waals surface area (Å²) in [5, 5.41) is 3.44. The first-order chi connectivity index (χ1) is 17.2. The molecule has 180 valence electrons. The number of ether oxygens (including phenoxy) is 4. The molecule has 4 rings (SSSR count). The molecule has 0 amide bonds. The molecule has 0 spiro atoms. The minimum atomic E-state index is 0.501. The summed E-state index contributed by atoms with van der Waals surface area (Å²) in [5.41, 5.74) is 4.41. The average Bonchev–Trinajstić information content (AvgIpc) is 2.92. The number of hydrogen-bond acceptors (Lipinski definition) is 5. The highest BCUT2D eigenvalue weighted by Gasteiger charge is 2.05. The molecule has 35 heavy (non-hydrogen) atoms. The van der Waals surface area contributed by atoms with Gasteiger partial charge in [0.25, 0.3) is 0 Å². The van der Waals surface area contributed by atoms with Gasteiger partial charge in [-0.1, -0.05) is 48.5 Å². The van der Waals surface area contributed by atoms with Crippen molar-refractivity contribution < 1.29 is 18.9 Å². The van der Waals surface area contributed by atoms with Gasteiger partial charge in [0.2, 0.25) is 0 Å². The van der Waals surface area contributed by atoms with Gasteiger partial charge in [0.1, 0.15) is 24.7 Å². The third-order valence-corrected chi connectivity index (χ3v) is 5.46. The summed E-state index contributed by atoms with van der Waals surface area (Å²) in [6.45, 7) is 4.31. The van der Waals surface area contributed by atoms with E-state index in [9.17, 15) is 0 Å². The summed E-state index contributed by atoms with van der Waals surface area (Å²) < 4.78 is 22.8. The number of nitrogens with one attached hydrogen (secondary N) is 1. The number of rotatable bonds is 12. The number of benzene rings is 4. The number of methoxy groups -OCH3 is 1. The summed E-state index contributed by atoms with van der Waals surface area (Å²) in [4.78, 5) is 0. The van der Waals surface area contributed by atoms with E-state index in [4.69, 9.17) is 18.9 Å². The molecule has 5 nitrogen and oxygen atoms in total. The van der Waals surface area contributed by atoms with Crippen molar-refractivity contribution in [2.24, 2.45) is 0 Å². The Morgan fingerprint density at radius 1 is 0.600 bits per heavy atom.